The lowest BCUT2D eigenvalue weighted by atomic mass is 10.1. The number of aromatic nitrogens is 2. The van der Waals surface area contributed by atoms with Gasteiger partial charge in [0.15, 0.2) is 4.77 Å². The fraction of sp³-hybridized carbons (Fsp3) is 0.462. The Kier molecular flexibility index (Phi) is 3.28. The normalized spacial score (nSPS) is 24.1. The number of nitrogens with zero attached hydrogens (tertiary/aromatic N) is 1. The molecule has 0 radical (unpaired) electrons. The number of aromatic amines is 2. The van der Waals surface area contributed by atoms with E-state index in [0.29, 0.717) is 16.9 Å². The second-order valence-corrected chi connectivity index (χ2v) is 6.12. The molecule has 0 aliphatic carbocycles. The maximum absolute atomic E-state index is 6.41. The van der Waals surface area contributed by atoms with E-state index in [-0.39, 0.29) is 0 Å². The number of rotatable bonds is 1. The average Bonchev–Trinajstić information content (AvgIpc) is 2.65. The highest BCUT2D eigenvalue weighted by Crippen LogP contribution is 2.31. The lowest BCUT2D eigenvalue weighted by Crippen LogP contribution is -2.54. The molecule has 6 heteroatoms. The van der Waals surface area contributed by atoms with Crippen LogP contribution in [0, 0.1) is 4.77 Å². The first kappa shape index (κ1) is 13.0. The van der Waals surface area contributed by atoms with E-state index in [1.165, 1.54) is 0 Å². The molecule has 19 heavy (non-hydrogen) atoms. The Morgan fingerprint density at radius 1 is 1.16 bits per heavy atom. The SMILES string of the molecule is CC1CN(c2cc3[nH]c(=S)[nH]c3cc2Cl)CC(C)N1. The van der Waals surface area contributed by atoms with Crippen LogP contribution in [0.25, 0.3) is 11.0 Å². The maximum atomic E-state index is 6.41. The van der Waals surface area contributed by atoms with Crippen molar-refractivity contribution in [2.45, 2.75) is 25.9 Å². The lowest BCUT2D eigenvalue weighted by molar-refractivity contribution is 0.407. The van der Waals surface area contributed by atoms with Crippen molar-refractivity contribution in [2.24, 2.45) is 0 Å². The zero-order valence-corrected chi connectivity index (χ0v) is 12.5. The maximum Gasteiger partial charge on any atom is 0.175 e. The van der Waals surface area contributed by atoms with Gasteiger partial charge in [0.2, 0.25) is 0 Å². The molecule has 0 bridgehead atoms. The highest BCUT2D eigenvalue weighted by molar-refractivity contribution is 7.71. The van der Waals surface area contributed by atoms with Crippen molar-refractivity contribution in [1.82, 2.24) is 15.3 Å². The summed E-state index contributed by atoms with van der Waals surface area (Å²) in [7, 11) is 0. The van der Waals surface area contributed by atoms with E-state index in [9.17, 15) is 0 Å². The van der Waals surface area contributed by atoms with Gasteiger partial charge in [-0.25, -0.2) is 0 Å². The fourth-order valence-electron chi connectivity index (χ4n) is 2.81. The van der Waals surface area contributed by atoms with Gasteiger partial charge in [0, 0.05) is 25.2 Å². The molecular weight excluding hydrogens is 280 g/mol. The van der Waals surface area contributed by atoms with Crippen LogP contribution in [0.1, 0.15) is 13.8 Å². The zero-order chi connectivity index (χ0) is 13.6. The molecule has 1 aliphatic heterocycles. The van der Waals surface area contributed by atoms with Crippen LogP contribution in [-0.2, 0) is 0 Å². The van der Waals surface area contributed by atoms with Crippen LogP contribution in [-0.4, -0.2) is 35.1 Å². The molecule has 2 atom stereocenters. The molecule has 1 aromatic carbocycles. The van der Waals surface area contributed by atoms with Gasteiger partial charge in [-0.3, -0.25) is 0 Å². The third-order valence-corrected chi connectivity index (χ3v) is 3.99. The van der Waals surface area contributed by atoms with Crippen molar-refractivity contribution in [3.05, 3.63) is 21.9 Å². The van der Waals surface area contributed by atoms with E-state index in [1.54, 1.807) is 0 Å². The second-order valence-electron chi connectivity index (χ2n) is 5.30. The summed E-state index contributed by atoms with van der Waals surface area (Å²) in [4.78, 5) is 8.57. The Morgan fingerprint density at radius 2 is 1.74 bits per heavy atom. The number of fused-ring (bicyclic) bond motifs is 1. The molecule has 0 saturated carbocycles. The number of benzene rings is 1. The first-order valence-corrected chi connectivity index (χ1v) is 7.24. The number of halogens is 1. The molecule has 2 unspecified atom stereocenters. The zero-order valence-electron chi connectivity index (χ0n) is 11.0. The number of piperazine rings is 1. The Labute approximate surface area is 122 Å². The van der Waals surface area contributed by atoms with Crippen LogP contribution in [0.2, 0.25) is 5.02 Å². The summed E-state index contributed by atoms with van der Waals surface area (Å²) in [6, 6.07) is 4.94. The number of anilines is 1. The topological polar surface area (TPSA) is 46.9 Å². The molecule has 3 rings (SSSR count). The van der Waals surface area contributed by atoms with Crippen LogP contribution in [0.15, 0.2) is 12.1 Å². The van der Waals surface area contributed by atoms with Crippen molar-refractivity contribution in [3.63, 3.8) is 0 Å². The van der Waals surface area contributed by atoms with Crippen molar-refractivity contribution in [2.75, 3.05) is 18.0 Å². The molecule has 102 valence electrons. The Morgan fingerprint density at radius 3 is 2.37 bits per heavy atom. The summed E-state index contributed by atoms with van der Waals surface area (Å²) < 4.78 is 0.630. The molecule has 1 aromatic heterocycles. The largest absolute Gasteiger partial charge is 0.367 e. The van der Waals surface area contributed by atoms with Crippen LogP contribution in [0.4, 0.5) is 5.69 Å². The van der Waals surface area contributed by atoms with E-state index >= 15 is 0 Å². The summed E-state index contributed by atoms with van der Waals surface area (Å²) in [6.07, 6.45) is 0. The van der Waals surface area contributed by atoms with Crippen molar-refractivity contribution >= 4 is 40.5 Å². The number of imidazole rings is 1. The first-order valence-electron chi connectivity index (χ1n) is 6.45. The third kappa shape index (κ3) is 2.50. The van der Waals surface area contributed by atoms with Gasteiger partial charge < -0.3 is 20.2 Å². The average molecular weight is 297 g/mol. The minimum atomic E-state index is 0.459. The highest BCUT2D eigenvalue weighted by Gasteiger charge is 2.23. The van der Waals surface area contributed by atoms with Gasteiger partial charge in [-0.15, -0.1) is 0 Å². The number of hydrogen-bond donors (Lipinski definition) is 3. The second kappa shape index (κ2) is 4.81. The lowest BCUT2D eigenvalue weighted by Gasteiger charge is -2.38. The molecule has 0 amide bonds. The summed E-state index contributed by atoms with van der Waals surface area (Å²) in [5.41, 5.74) is 3.03. The Balaban J connectivity index is 2.03. The molecule has 3 N–H and O–H groups in total. The van der Waals surface area contributed by atoms with Gasteiger partial charge in [0.1, 0.15) is 0 Å². The van der Waals surface area contributed by atoms with E-state index in [1.807, 2.05) is 6.07 Å². The predicted molar refractivity (Wildman–Crippen MR) is 82.8 cm³/mol. The molecule has 2 aromatic rings. The van der Waals surface area contributed by atoms with Crippen molar-refractivity contribution in [1.29, 1.82) is 0 Å². The molecule has 4 nitrogen and oxygen atoms in total. The Hall–Kier alpha value is -1.04. The molecule has 1 saturated heterocycles. The van der Waals surface area contributed by atoms with Gasteiger partial charge >= 0.3 is 0 Å². The van der Waals surface area contributed by atoms with Gasteiger partial charge in [0.25, 0.3) is 0 Å². The summed E-state index contributed by atoms with van der Waals surface area (Å²) in [5, 5.41) is 4.29. The predicted octanol–water partition coefficient (Wildman–Crippen LogP) is 3.07. The quantitative estimate of drug-likeness (QED) is 0.709. The monoisotopic (exact) mass is 296 g/mol. The van der Waals surface area contributed by atoms with Gasteiger partial charge in [0.05, 0.1) is 21.7 Å². The third-order valence-electron chi connectivity index (χ3n) is 3.48. The highest BCUT2D eigenvalue weighted by atomic mass is 35.5. The molecule has 0 spiro atoms. The standard InChI is InChI=1S/C13H17ClN4S/c1-7-5-18(6-8(2)15-7)12-4-11-10(3-9(12)14)16-13(19)17-11/h3-4,7-8,15H,5-6H2,1-2H3,(H2,16,17,19). The molecule has 1 fully saturated rings. The summed E-state index contributed by atoms with van der Waals surface area (Å²) in [6.45, 7) is 6.30. The summed E-state index contributed by atoms with van der Waals surface area (Å²) in [5.74, 6) is 0. The van der Waals surface area contributed by atoms with Gasteiger partial charge in [-0.2, -0.15) is 0 Å². The van der Waals surface area contributed by atoms with Crippen molar-refractivity contribution in [3.8, 4) is 0 Å². The van der Waals surface area contributed by atoms with E-state index in [2.05, 4.69) is 40.1 Å². The molecular formula is C13H17ClN4S. The summed E-state index contributed by atoms with van der Waals surface area (Å²) >= 11 is 11.5. The minimum absolute atomic E-state index is 0.459. The number of hydrogen-bond acceptors (Lipinski definition) is 3. The van der Waals surface area contributed by atoms with Crippen LogP contribution < -0.4 is 10.2 Å². The van der Waals surface area contributed by atoms with Crippen LogP contribution >= 0.6 is 23.8 Å². The smallest absolute Gasteiger partial charge is 0.175 e. The van der Waals surface area contributed by atoms with E-state index in [4.69, 9.17) is 23.8 Å². The van der Waals surface area contributed by atoms with E-state index in [0.717, 1.165) is 34.8 Å². The first-order chi connectivity index (χ1) is 9.02. The number of nitrogens with one attached hydrogen (secondary N) is 3. The Bertz CT molecular complexity index is 652. The van der Waals surface area contributed by atoms with Crippen molar-refractivity contribution < 1.29 is 0 Å². The fourth-order valence-corrected chi connectivity index (χ4v) is 3.31. The minimum Gasteiger partial charge on any atom is -0.367 e. The van der Waals surface area contributed by atoms with Crippen LogP contribution in [0.3, 0.4) is 0 Å². The van der Waals surface area contributed by atoms with Gasteiger partial charge in [-0.05, 0) is 38.2 Å². The van der Waals surface area contributed by atoms with Crippen LogP contribution in [0.5, 0.6) is 0 Å². The number of H-pyrrole nitrogens is 2. The van der Waals surface area contributed by atoms with Gasteiger partial charge in [-0.1, -0.05) is 11.6 Å². The molecule has 1 aliphatic rings. The van der Waals surface area contributed by atoms with E-state index < -0.39 is 0 Å². The molecule has 2 heterocycles.